The van der Waals surface area contributed by atoms with Crippen LogP contribution in [0.15, 0.2) is 18.3 Å². The number of anilines is 1. The summed E-state index contributed by atoms with van der Waals surface area (Å²) >= 11 is 0. The molecule has 0 saturated heterocycles. The fourth-order valence-electron chi connectivity index (χ4n) is 2.09. The number of nitrogens with one attached hydrogen (secondary N) is 1. The number of methoxy groups -OCH3 is 1. The Balaban J connectivity index is 1.99. The van der Waals surface area contributed by atoms with Crippen LogP contribution in [-0.2, 0) is 4.74 Å². The second-order valence-electron chi connectivity index (χ2n) is 4.59. The molecule has 0 aromatic carbocycles. The van der Waals surface area contributed by atoms with Crippen LogP contribution in [0.1, 0.15) is 20.3 Å². The molecule has 0 bridgehead atoms. The zero-order chi connectivity index (χ0) is 10.9. The van der Waals surface area contributed by atoms with Crippen molar-refractivity contribution >= 4 is 5.82 Å². The Labute approximate surface area is 90.1 Å². The van der Waals surface area contributed by atoms with E-state index in [1.54, 1.807) is 13.3 Å². The first-order chi connectivity index (χ1) is 7.14. The molecule has 1 aromatic heterocycles. The highest BCUT2D eigenvalue weighted by atomic mass is 16.5. The van der Waals surface area contributed by atoms with Crippen molar-refractivity contribution in [2.45, 2.75) is 32.4 Å². The van der Waals surface area contributed by atoms with Gasteiger partial charge in [-0.15, -0.1) is 5.10 Å². The third kappa shape index (κ3) is 1.81. The highest BCUT2D eigenvalue weighted by Gasteiger charge is 2.48. The van der Waals surface area contributed by atoms with Gasteiger partial charge in [0.15, 0.2) is 0 Å². The Morgan fingerprint density at radius 3 is 2.87 bits per heavy atom. The number of rotatable bonds is 3. The smallest absolute Gasteiger partial charge is 0.148 e. The lowest BCUT2D eigenvalue weighted by molar-refractivity contribution is -0.0795. The van der Waals surface area contributed by atoms with E-state index in [4.69, 9.17) is 4.74 Å². The average Bonchev–Trinajstić information content (AvgIpc) is 2.25. The van der Waals surface area contributed by atoms with Crippen molar-refractivity contribution in [3.05, 3.63) is 18.3 Å². The van der Waals surface area contributed by atoms with Crippen LogP contribution in [0.2, 0.25) is 0 Å². The molecular weight excluding hydrogens is 190 g/mol. The number of ether oxygens (including phenoxy) is 1. The minimum Gasteiger partial charge on any atom is -0.381 e. The quantitative estimate of drug-likeness (QED) is 0.819. The number of hydrogen-bond donors (Lipinski definition) is 1. The summed E-state index contributed by atoms with van der Waals surface area (Å²) in [5.41, 5.74) is 0.159. The van der Waals surface area contributed by atoms with E-state index in [0.29, 0.717) is 12.1 Å². The summed E-state index contributed by atoms with van der Waals surface area (Å²) < 4.78 is 5.39. The van der Waals surface area contributed by atoms with Gasteiger partial charge in [0.05, 0.1) is 6.10 Å². The molecule has 4 heteroatoms. The van der Waals surface area contributed by atoms with E-state index in [-0.39, 0.29) is 5.41 Å². The zero-order valence-electron chi connectivity index (χ0n) is 9.40. The third-order valence-electron chi connectivity index (χ3n) is 3.36. The lowest BCUT2D eigenvalue weighted by Gasteiger charge is -2.51. The topological polar surface area (TPSA) is 47.0 Å². The van der Waals surface area contributed by atoms with Crippen molar-refractivity contribution in [2.24, 2.45) is 5.41 Å². The van der Waals surface area contributed by atoms with Gasteiger partial charge in [-0.25, -0.2) is 0 Å². The van der Waals surface area contributed by atoms with E-state index in [0.717, 1.165) is 12.2 Å². The first-order valence-corrected chi connectivity index (χ1v) is 5.21. The highest BCUT2D eigenvalue weighted by molar-refractivity contribution is 5.35. The average molecular weight is 207 g/mol. The lowest BCUT2D eigenvalue weighted by atomic mass is 9.64. The highest BCUT2D eigenvalue weighted by Crippen LogP contribution is 2.43. The van der Waals surface area contributed by atoms with Crippen LogP contribution in [0.5, 0.6) is 0 Å². The molecule has 0 amide bonds. The number of nitrogens with zero attached hydrogens (tertiary/aromatic N) is 2. The minimum absolute atomic E-state index is 0.159. The summed E-state index contributed by atoms with van der Waals surface area (Å²) in [7, 11) is 1.77. The number of hydrogen-bond acceptors (Lipinski definition) is 4. The summed E-state index contributed by atoms with van der Waals surface area (Å²) in [6, 6.07) is 4.23. The molecule has 1 fully saturated rings. The molecule has 15 heavy (non-hydrogen) atoms. The van der Waals surface area contributed by atoms with E-state index in [1.165, 1.54) is 0 Å². The van der Waals surface area contributed by atoms with Crippen molar-refractivity contribution < 1.29 is 4.74 Å². The maximum atomic E-state index is 5.39. The standard InChI is InChI=1S/C11H17N3O/c1-11(2)8(7-9(11)15-3)13-10-5-4-6-12-14-10/h4-6,8-9H,7H2,1-3H3,(H,13,14). The second kappa shape index (κ2) is 3.77. The Bertz CT molecular complexity index is 326. The van der Waals surface area contributed by atoms with Gasteiger partial charge in [0.25, 0.3) is 0 Å². The van der Waals surface area contributed by atoms with Gasteiger partial charge in [0.1, 0.15) is 5.82 Å². The predicted octanol–water partition coefficient (Wildman–Crippen LogP) is 1.70. The Morgan fingerprint density at radius 1 is 1.53 bits per heavy atom. The summed E-state index contributed by atoms with van der Waals surface area (Å²) in [4.78, 5) is 0. The fourth-order valence-corrected chi connectivity index (χ4v) is 2.09. The molecule has 1 heterocycles. The van der Waals surface area contributed by atoms with Gasteiger partial charge in [0, 0.05) is 24.8 Å². The van der Waals surface area contributed by atoms with Crippen LogP contribution in [0.25, 0.3) is 0 Å². The summed E-state index contributed by atoms with van der Waals surface area (Å²) in [5, 5.41) is 11.2. The van der Waals surface area contributed by atoms with E-state index < -0.39 is 0 Å². The molecule has 0 spiro atoms. The fraction of sp³-hybridized carbons (Fsp3) is 0.636. The van der Waals surface area contributed by atoms with Crippen molar-refractivity contribution in [1.82, 2.24) is 10.2 Å². The van der Waals surface area contributed by atoms with Crippen LogP contribution in [-0.4, -0.2) is 29.5 Å². The first kappa shape index (κ1) is 10.4. The molecule has 2 rings (SSSR count). The molecule has 1 aliphatic carbocycles. The van der Waals surface area contributed by atoms with E-state index in [2.05, 4.69) is 29.4 Å². The molecule has 1 N–H and O–H groups in total. The van der Waals surface area contributed by atoms with Crippen LogP contribution in [0.4, 0.5) is 5.82 Å². The number of aromatic nitrogens is 2. The molecule has 1 aliphatic rings. The van der Waals surface area contributed by atoms with Gasteiger partial charge in [-0.1, -0.05) is 13.8 Å². The molecule has 82 valence electrons. The maximum absolute atomic E-state index is 5.39. The van der Waals surface area contributed by atoms with Crippen molar-refractivity contribution in [3.8, 4) is 0 Å². The Hall–Kier alpha value is -1.16. The van der Waals surface area contributed by atoms with E-state index in [9.17, 15) is 0 Å². The minimum atomic E-state index is 0.159. The summed E-state index contributed by atoms with van der Waals surface area (Å²) in [6.07, 6.45) is 3.04. The van der Waals surface area contributed by atoms with Crippen LogP contribution < -0.4 is 5.32 Å². The first-order valence-electron chi connectivity index (χ1n) is 5.21. The van der Waals surface area contributed by atoms with E-state index >= 15 is 0 Å². The van der Waals surface area contributed by atoms with Crippen molar-refractivity contribution in [2.75, 3.05) is 12.4 Å². The van der Waals surface area contributed by atoms with Gasteiger partial charge < -0.3 is 10.1 Å². The SMILES string of the molecule is COC1CC(Nc2cccnn2)C1(C)C. The van der Waals surface area contributed by atoms with Crippen LogP contribution >= 0.6 is 0 Å². The lowest BCUT2D eigenvalue weighted by Crippen LogP contribution is -2.57. The van der Waals surface area contributed by atoms with Crippen molar-refractivity contribution in [1.29, 1.82) is 0 Å². The molecule has 2 atom stereocenters. The van der Waals surface area contributed by atoms with Crippen LogP contribution in [0, 0.1) is 5.41 Å². The largest absolute Gasteiger partial charge is 0.381 e. The second-order valence-corrected chi connectivity index (χ2v) is 4.59. The Kier molecular flexibility index (Phi) is 2.61. The molecular formula is C11H17N3O. The van der Waals surface area contributed by atoms with E-state index in [1.807, 2.05) is 12.1 Å². The van der Waals surface area contributed by atoms with Gasteiger partial charge in [0.2, 0.25) is 0 Å². The monoisotopic (exact) mass is 207 g/mol. The zero-order valence-corrected chi connectivity index (χ0v) is 9.40. The predicted molar refractivity (Wildman–Crippen MR) is 58.6 cm³/mol. The normalized spacial score (nSPS) is 28.2. The van der Waals surface area contributed by atoms with Gasteiger partial charge >= 0.3 is 0 Å². The molecule has 0 aliphatic heterocycles. The summed E-state index contributed by atoms with van der Waals surface area (Å²) in [5.74, 6) is 0.838. The summed E-state index contributed by atoms with van der Waals surface area (Å²) in [6.45, 7) is 4.41. The Morgan fingerprint density at radius 2 is 2.33 bits per heavy atom. The van der Waals surface area contributed by atoms with Crippen molar-refractivity contribution in [3.63, 3.8) is 0 Å². The van der Waals surface area contributed by atoms with Gasteiger partial charge in [-0.05, 0) is 18.6 Å². The molecule has 4 nitrogen and oxygen atoms in total. The third-order valence-corrected chi connectivity index (χ3v) is 3.36. The maximum Gasteiger partial charge on any atom is 0.148 e. The van der Waals surface area contributed by atoms with Gasteiger partial charge in [-0.3, -0.25) is 0 Å². The molecule has 2 unspecified atom stereocenters. The molecule has 0 radical (unpaired) electrons. The molecule has 1 saturated carbocycles. The van der Waals surface area contributed by atoms with Crippen LogP contribution in [0.3, 0.4) is 0 Å². The molecule has 1 aromatic rings. The van der Waals surface area contributed by atoms with Gasteiger partial charge in [-0.2, -0.15) is 5.10 Å².